The van der Waals surface area contributed by atoms with Gasteiger partial charge in [-0.3, -0.25) is 4.79 Å². The van der Waals surface area contributed by atoms with Gasteiger partial charge in [-0.1, -0.05) is 66.2 Å². The van der Waals surface area contributed by atoms with Crippen LogP contribution in [0.2, 0.25) is 5.02 Å². The third-order valence-electron chi connectivity index (χ3n) is 6.35. The van der Waals surface area contributed by atoms with Gasteiger partial charge in [0, 0.05) is 43.3 Å². The number of piperazine rings is 1. The third kappa shape index (κ3) is 6.90. The van der Waals surface area contributed by atoms with Gasteiger partial charge < -0.3 is 20.6 Å². The van der Waals surface area contributed by atoms with Gasteiger partial charge in [-0.15, -0.1) is 0 Å². The number of benzene rings is 3. The van der Waals surface area contributed by atoms with Gasteiger partial charge in [-0.2, -0.15) is 0 Å². The molecule has 1 aliphatic rings. The quantitative estimate of drug-likeness (QED) is 0.436. The van der Waals surface area contributed by atoms with Crippen molar-refractivity contribution in [2.24, 2.45) is 0 Å². The monoisotopic (exact) mass is 477 g/mol. The SMILES string of the molecule is O=C(NC(Cc1ccc(Cl)cc1)C(O)CCN1CCNCC1)c1ccc(-c2ccccc2)cc1. The number of halogens is 1. The fraction of sp³-hybridized carbons (Fsp3) is 0.321. The smallest absolute Gasteiger partial charge is 0.251 e. The molecule has 1 amide bonds. The van der Waals surface area contributed by atoms with Crippen LogP contribution in [-0.2, 0) is 6.42 Å². The number of aliphatic hydroxyl groups excluding tert-OH is 1. The van der Waals surface area contributed by atoms with E-state index >= 15 is 0 Å². The Balaban J connectivity index is 1.43. The summed E-state index contributed by atoms with van der Waals surface area (Å²) in [6.07, 6.45) is 0.484. The van der Waals surface area contributed by atoms with Gasteiger partial charge in [0.05, 0.1) is 12.1 Å². The van der Waals surface area contributed by atoms with Crippen molar-refractivity contribution in [1.82, 2.24) is 15.5 Å². The molecular formula is C28H32ClN3O2. The first-order chi connectivity index (χ1) is 16.6. The second kappa shape index (κ2) is 12.1. The van der Waals surface area contributed by atoms with E-state index in [2.05, 4.69) is 15.5 Å². The second-order valence-corrected chi connectivity index (χ2v) is 9.24. The van der Waals surface area contributed by atoms with Crippen LogP contribution in [-0.4, -0.2) is 60.8 Å². The molecule has 2 unspecified atom stereocenters. The van der Waals surface area contributed by atoms with Gasteiger partial charge in [0.1, 0.15) is 0 Å². The van der Waals surface area contributed by atoms with E-state index in [-0.39, 0.29) is 5.91 Å². The first kappa shape index (κ1) is 24.4. The van der Waals surface area contributed by atoms with Crippen molar-refractivity contribution in [2.75, 3.05) is 32.7 Å². The number of nitrogens with zero attached hydrogens (tertiary/aromatic N) is 1. The molecule has 6 heteroatoms. The predicted octanol–water partition coefficient (Wildman–Crippen LogP) is 4.00. The van der Waals surface area contributed by atoms with Crippen molar-refractivity contribution in [3.63, 3.8) is 0 Å². The van der Waals surface area contributed by atoms with E-state index in [4.69, 9.17) is 11.6 Å². The Morgan fingerprint density at radius 2 is 1.59 bits per heavy atom. The van der Waals surface area contributed by atoms with Gasteiger partial charge in [-0.05, 0) is 53.8 Å². The van der Waals surface area contributed by atoms with Crippen molar-refractivity contribution in [1.29, 1.82) is 0 Å². The highest BCUT2D eigenvalue weighted by Gasteiger charge is 2.23. The van der Waals surface area contributed by atoms with Gasteiger partial charge in [0.25, 0.3) is 5.91 Å². The highest BCUT2D eigenvalue weighted by atomic mass is 35.5. The molecule has 5 nitrogen and oxygen atoms in total. The molecule has 34 heavy (non-hydrogen) atoms. The molecule has 4 rings (SSSR count). The normalized spacial score (nSPS) is 16.1. The van der Waals surface area contributed by atoms with E-state index in [0.717, 1.165) is 49.4 Å². The fourth-order valence-corrected chi connectivity index (χ4v) is 4.43. The molecule has 0 aromatic heterocycles. The number of carbonyl (C=O) groups excluding carboxylic acids is 1. The summed E-state index contributed by atoms with van der Waals surface area (Å²) in [6.45, 7) is 4.71. The average molecular weight is 478 g/mol. The van der Waals surface area contributed by atoms with Crippen LogP contribution in [0, 0.1) is 0 Å². The van der Waals surface area contributed by atoms with Gasteiger partial charge in [0.15, 0.2) is 0 Å². The number of hydrogen-bond donors (Lipinski definition) is 3. The summed E-state index contributed by atoms with van der Waals surface area (Å²) in [4.78, 5) is 15.4. The third-order valence-corrected chi connectivity index (χ3v) is 6.61. The number of aliphatic hydroxyl groups is 1. The van der Waals surface area contributed by atoms with Crippen molar-refractivity contribution in [3.8, 4) is 11.1 Å². The number of hydrogen-bond acceptors (Lipinski definition) is 4. The number of carbonyl (C=O) groups is 1. The van der Waals surface area contributed by atoms with Crippen LogP contribution < -0.4 is 10.6 Å². The average Bonchev–Trinajstić information content (AvgIpc) is 2.89. The van der Waals surface area contributed by atoms with E-state index in [9.17, 15) is 9.90 Å². The molecule has 3 N–H and O–H groups in total. The lowest BCUT2D eigenvalue weighted by molar-refractivity contribution is 0.0769. The fourth-order valence-electron chi connectivity index (χ4n) is 4.30. The minimum absolute atomic E-state index is 0.181. The van der Waals surface area contributed by atoms with Crippen molar-refractivity contribution in [3.05, 3.63) is 95.0 Å². The van der Waals surface area contributed by atoms with Crippen LogP contribution in [0.15, 0.2) is 78.9 Å². The summed E-state index contributed by atoms with van der Waals surface area (Å²) in [7, 11) is 0. The Kier molecular flexibility index (Phi) is 8.72. The van der Waals surface area contributed by atoms with Gasteiger partial charge in [0.2, 0.25) is 0 Å². The minimum Gasteiger partial charge on any atom is -0.391 e. The number of amides is 1. The zero-order valence-electron chi connectivity index (χ0n) is 19.3. The molecule has 1 saturated heterocycles. The lowest BCUT2D eigenvalue weighted by Crippen LogP contribution is -2.48. The van der Waals surface area contributed by atoms with Crippen LogP contribution >= 0.6 is 11.6 Å². The maximum Gasteiger partial charge on any atom is 0.251 e. The first-order valence-electron chi connectivity index (χ1n) is 11.9. The van der Waals surface area contributed by atoms with Crippen molar-refractivity contribution < 1.29 is 9.90 Å². The van der Waals surface area contributed by atoms with Crippen LogP contribution in [0.25, 0.3) is 11.1 Å². The molecule has 1 aliphatic heterocycles. The zero-order chi connectivity index (χ0) is 23.8. The molecular weight excluding hydrogens is 446 g/mol. The highest BCUT2D eigenvalue weighted by molar-refractivity contribution is 6.30. The zero-order valence-corrected chi connectivity index (χ0v) is 20.0. The molecule has 0 bridgehead atoms. The van der Waals surface area contributed by atoms with Crippen LogP contribution in [0.4, 0.5) is 0 Å². The molecule has 1 fully saturated rings. The molecule has 0 aliphatic carbocycles. The highest BCUT2D eigenvalue weighted by Crippen LogP contribution is 2.20. The van der Waals surface area contributed by atoms with E-state index in [1.807, 2.05) is 78.9 Å². The van der Waals surface area contributed by atoms with E-state index < -0.39 is 12.1 Å². The van der Waals surface area contributed by atoms with Crippen LogP contribution in [0.3, 0.4) is 0 Å². The lowest BCUT2D eigenvalue weighted by atomic mass is 9.98. The van der Waals surface area contributed by atoms with Crippen molar-refractivity contribution in [2.45, 2.75) is 25.0 Å². The number of rotatable bonds is 9. The topological polar surface area (TPSA) is 64.6 Å². The molecule has 3 aromatic rings. The molecule has 0 spiro atoms. The maximum atomic E-state index is 13.1. The van der Waals surface area contributed by atoms with Gasteiger partial charge in [-0.25, -0.2) is 0 Å². The summed E-state index contributed by atoms with van der Waals surface area (Å²) in [5, 5.41) is 18.2. The largest absolute Gasteiger partial charge is 0.391 e. The molecule has 0 radical (unpaired) electrons. The van der Waals surface area contributed by atoms with Gasteiger partial charge >= 0.3 is 0 Å². The molecule has 2 atom stereocenters. The van der Waals surface area contributed by atoms with Crippen molar-refractivity contribution >= 4 is 17.5 Å². The summed E-state index contributed by atoms with van der Waals surface area (Å²) >= 11 is 6.04. The Labute approximate surface area is 206 Å². The summed E-state index contributed by atoms with van der Waals surface area (Å²) in [5.74, 6) is -0.181. The molecule has 178 valence electrons. The standard InChI is InChI=1S/C28H32ClN3O2/c29-25-12-6-21(7-13-25)20-26(27(33)14-17-32-18-15-30-16-19-32)31-28(34)24-10-8-23(9-11-24)22-4-2-1-3-5-22/h1-13,26-27,30,33H,14-20H2,(H,31,34). The Morgan fingerprint density at radius 1 is 0.941 bits per heavy atom. The summed E-state index contributed by atoms with van der Waals surface area (Å²) in [6, 6.07) is 24.8. The predicted molar refractivity (Wildman–Crippen MR) is 138 cm³/mol. The van der Waals surface area contributed by atoms with Crippen LogP contribution in [0.1, 0.15) is 22.3 Å². The van der Waals surface area contributed by atoms with E-state index in [1.165, 1.54) is 0 Å². The lowest BCUT2D eigenvalue weighted by Gasteiger charge is -2.30. The second-order valence-electron chi connectivity index (χ2n) is 8.80. The Morgan fingerprint density at radius 3 is 2.26 bits per heavy atom. The van der Waals surface area contributed by atoms with E-state index in [1.54, 1.807) is 0 Å². The summed E-state index contributed by atoms with van der Waals surface area (Å²) < 4.78 is 0. The number of nitrogens with one attached hydrogen (secondary N) is 2. The molecule has 3 aromatic carbocycles. The maximum absolute atomic E-state index is 13.1. The van der Waals surface area contributed by atoms with E-state index in [0.29, 0.717) is 23.4 Å². The summed E-state index contributed by atoms with van der Waals surface area (Å²) in [5.41, 5.74) is 3.77. The minimum atomic E-state index is -0.655. The Bertz CT molecular complexity index is 1040. The first-order valence-corrected chi connectivity index (χ1v) is 12.3. The Hall–Kier alpha value is -2.70. The molecule has 1 heterocycles. The van der Waals surface area contributed by atoms with Crippen LogP contribution in [0.5, 0.6) is 0 Å². The molecule has 0 saturated carbocycles.